The molecule has 4 saturated carbocycles. The van der Waals surface area contributed by atoms with Crippen molar-refractivity contribution in [2.24, 2.45) is 34.5 Å². The van der Waals surface area contributed by atoms with Crippen LogP contribution in [0, 0.1) is 34.5 Å². The van der Waals surface area contributed by atoms with E-state index in [4.69, 9.17) is 0 Å². The van der Waals surface area contributed by atoms with E-state index in [1.165, 1.54) is 25.7 Å². The Labute approximate surface area is 146 Å². The third kappa shape index (κ3) is 2.07. The lowest BCUT2D eigenvalue weighted by molar-refractivity contribution is -0.186. The second kappa shape index (κ2) is 5.44. The Morgan fingerprint density at radius 2 is 1.62 bits per heavy atom. The molecule has 4 rings (SSSR count). The SMILES string of the molecule is C[C@@H](O)[C@@]1(O)CC[C@H]2[C@@H]3CC[C@H]4C[C@@H](O)CC[C@]4(C)[C@H]3CC[C@@]21C. The molecule has 4 fully saturated rings. The van der Waals surface area contributed by atoms with Gasteiger partial charge in [-0.1, -0.05) is 13.8 Å². The Bertz CT molecular complexity index is 505. The van der Waals surface area contributed by atoms with Crippen LogP contribution in [0.1, 0.15) is 78.6 Å². The van der Waals surface area contributed by atoms with E-state index in [-0.39, 0.29) is 11.5 Å². The lowest BCUT2D eigenvalue weighted by Gasteiger charge is -2.61. The Morgan fingerprint density at radius 3 is 2.33 bits per heavy atom. The molecular formula is C21H36O3. The van der Waals surface area contributed by atoms with E-state index in [9.17, 15) is 15.3 Å². The highest BCUT2D eigenvalue weighted by Crippen LogP contribution is 2.68. The number of aliphatic hydroxyl groups is 3. The van der Waals surface area contributed by atoms with Crippen LogP contribution in [0.4, 0.5) is 0 Å². The molecule has 4 aliphatic carbocycles. The van der Waals surface area contributed by atoms with Gasteiger partial charge in [0.15, 0.2) is 0 Å². The van der Waals surface area contributed by atoms with Crippen molar-refractivity contribution in [1.82, 2.24) is 0 Å². The fraction of sp³-hybridized carbons (Fsp3) is 1.00. The summed E-state index contributed by atoms with van der Waals surface area (Å²) in [5, 5.41) is 31.7. The van der Waals surface area contributed by atoms with E-state index in [1.54, 1.807) is 6.92 Å². The first kappa shape index (κ1) is 17.3. The van der Waals surface area contributed by atoms with Gasteiger partial charge in [-0.3, -0.25) is 0 Å². The molecule has 0 heterocycles. The highest BCUT2D eigenvalue weighted by atomic mass is 16.3. The van der Waals surface area contributed by atoms with Crippen LogP contribution in [0.25, 0.3) is 0 Å². The van der Waals surface area contributed by atoms with Crippen LogP contribution in [-0.2, 0) is 0 Å². The third-order valence-electron chi connectivity index (χ3n) is 9.54. The Kier molecular flexibility index (Phi) is 3.92. The zero-order valence-electron chi connectivity index (χ0n) is 15.7. The molecule has 0 radical (unpaired) electrons. The van der Waals surface area contributed by atoms with Gasteiger partial charge in [-0.2, -0.15) is 0 Å². The summed E-state index contributed by atoms with van der Waals surface area (Å²) >= 11 is 0. The fourth-order valence-electron chi connectivity index (χ4n) is 7.97. The van der Waals surface area contributed by atoms with Crippen molar-refractivity contribution in [1.29, 1.82) is 0 Å². The zero-order chi connectivity index (χ0) is 17.3. The molecule has 3 nitrogen and oxygen atoms in total. The molecule has 0 amide bonds. The number of fused-ring (bicyclic) bond motifs is 5. The van der Waals surface area contributed by atoms with Gasteiger partial charge in [-0.05, 0) is 93.8 Å². The Hall–Kier alpha value is -0.120. The summed E-state index contributed by atoms with van der Waals surface area (Å²) in [6.07, 6.45) is 8.99. The summed E-state index contributed by atoms with van der Waals surface area (Å²) < 4.78 is 0. The highest BCUT2D eigenvalue weighted by molar-refractivity contribution is 5.15. The fourth-order valence-corrected chi connectivity index (χ4v) is 7.97. The van der Waals surface area contributed by atoms with Crippen molar-refractivity contribution in [3.8, 4) is 0 Å². The van der Waals surface area contributed by atoms with Gasteiger partial charge in [0.25, 0.3) is 0 Å². The monoisotopic (exact) mass is 336 g/mol. The molecule has 3 N–H and O–H groups in total. The first-order chi connectivity index (χ1) is 11.2. The molecule has 24 heavy (non-hydrogen) atoms. The maximum absolute atomic E-state index is 11.3. The number of hydrogen-bond donors (Lipinski definition) is 3. The van der Waals surface area contributed by atoms with Crippen LogP contribution in [-0.4, -0.2) is 33.1 Å². The quantitative estimate of drug-likeness (QED) is 0.687. The molecule has 0 aromatic heterocycles. The summed E-state index contributed by atoms with van der Waals surface area (Å²) in [6.45, 7) is 6.53. The van der Waals surface area contributed by atoms with Crippen LogP contribution in [0.15, 0.2) is 0 Å². The topological polar surface area (TPSA) is 60.7 Å². The Balaban J connectivity index is 1.63. The molecule has 4 aliphatic rings. The molecule has 138 valence electrons. The van der Waals surface area contributed by atoms with Crippen LogP contribution in [0.3, 0.4) is 0 Å². The molecule has 0 aliphatic heterocycles. The maximum Gasteiger partial charge on any atom is 0.0958 e. The lowest BCUT2D eigenvalue weighted by atomic mass is 9.44. The van der Waals surface area contributed by atoms with Gasteiger partial charge in [0.1, 0.15) is 0 Å². The summed E-state index contributed by atoms with van der Waals surface area (Å²) in [6, 6.07) is 0. The van der Waals surface area contributed by atoms with Gasteiger partial charge >= 0.3 is 0 Å². The van der Waals surface area contributed by atoms with Gasteiger partial charge in [0.05, 0.1) is 17.8 Å². The minimum absolute atomic E-state index is 0.0831. The van der Waals surface area contributed by atoms with E-state index < -0.39 is 11.7 Å². The average molecular weight is 337 g/mol. The molecule has 0 unspecified atom stereocenters. The summed E-state index contributed by atoms with van der Waals surface area (Å²) in [5.41, 5.74) is -0.641. The first-order valence-corrected chi connectivity index (χ1v) is 10.3. The maximum atomic E-state index is 11.3. The van der Waals surface area contributed by atoms with Crippen molar-refractivity contribution in [3.63, 3.8) is 0 Å². The molecule has 3 heteroatoms. The molecule has 0 saturated heterocycles. The van der Waals surface area contributed by atoms with Crippen molar-refractivity contribution >= 4 is 0 Å². The minimum atomic E-state index is -0.900. The first-order valence-electron chi connectivity index (χ1n) is 10.3. The number of aliphatic hydroxyl groups excluding tert-OH is 2. The smallest absolute Gasteiger partial charge is 0.0958 e. The number of hydrogen-bond acceptors (Lipinski definition) is 3. The van der Waals surface area contributed by atoms with E-state index in [1.807, 2.05) is 0 Å². The van der Waals surface area contributed by atoms with Crippen molar-refractivity contribution in [2.45, 2.75) is 96.4 Å². The molecule has 0 aromatic rings. The van der Waals surface area contributed by atoms with Gasteiger partial charge in [-0.25, -0.2) is 0 Å². The second-order valence-electron chi connectivity index (χ2n) is 10.2. The third-order valence-corrected chi connectivity index (χ3v) is 9.54. The molecular weight excluding hydrogens is 300 g/mol. The minimum Gasteiger partial charge on any atom is -0.393 e. The van der Waals surface area contributed by atoms with Crippen molar-refractivity contribution in [2.75, 3.05) is 0 Å². The predicted octanol–water partition coefficient (Wildman–Crippen LogP) is 3.50. The predicted molar refractivity (Wildman–Crippen MR) is 94.4 cm³/mol. The second-order valence-corrected chi connectivity index (χ2v) is 10.2. The lowest BCUT2D eigenvalue weighted by Crippen LogP contribution is -2.59. The zero-order valence-corrected chi connectivity index (χ0v) is 15.7. The number of rotatable bonds is 1. The van der Waals surface area contributed by atoms with Crippen molar-refractivity contribution in [3.05, 3.63) is 0 Å². The van der Waals surface area contributed by atoms with Crippen LogP contribution >= 0.6 is 0 Å². The summed E-state index contributed by atoms with van der Waals surface area (Å²) in [5.74, 6) is 2.69. The molecule has 0 bridgehead atoms. The normalized spacial score (nSPS) is 58.5. The average Bonchev–Trinajstić information content (AvgIpc) is 2.81. The summed E-state index contributed by atoms with van der Waals surface area (Å²) in [4.78, 5) is 0. The standard InChI is InChI=1S/C21H36O3/c1-13(22)21(24)11-8-18-16-5-4-14-12-15(23)6-9-19(14,2)17(16)7-10-20(18,21)3/h13-18,22-24H,4-12H2,1-3H3/t13-,14+,15+,16-,17+,18+,19+,20+,21+/m1/s1. The van der Waals surface area contributed by atoms with Crippen LogP contribution in [0.5, 0.6) is 0 Å². The van der Waals surface area contributed by atoms with Crippen molar-refractivity contribution < 1.29 is 15.3 Å². The Morgan fingerprint density at radius 1 is 0.917 bits per heavy atom. The van der Waals surface area contributed by atoms with E-state index in [0.29, 0.717) is 23.2 Å². The highest BCUT2D eigenvalue weighted by Gasteiger charge is 2.65. The largest absolute Gasteiger partial charge is 0.393 e. The van der Waals surface area contributed by atoms with E-state index in [0.717, 1.165) is 38.0 Å². The van der Waals surface area contributed by atoms with Gasteiger partial charge in [-0.15, -0.1) is 0 Å². The van der Waals surface area contributed by atoms with E-state index in [2.05, 4.69) is 13.8 Å². The van der Waals surface area contributed by atoms with Crippen LogP contribution in [0.2, 0.25) is 0 Å². The van der Waals surface area contributed by atoms with E-state index >= 15 is 0 Å². The van der Waals surface area contributed by atoms with Gasteiger partial charge in [0.2, 0.25) is 0 Å². The molecule has 0 spiro atoms. The van der Waals surface area contributed by atoms with Crippen LogP contribution < -0.4 is 0 Å². The van der Waals surface area contributed by atoms with Gasteiger partial charge < -0.3 is 15.3 Å². The molecule has 9 atom stereocenters. The molecule has 0 aromatic carbocycles. The summed E-state index contributed by atoms with van der Waals surface area (Å²) in [7, 11) is 0. The van der Waals surface area contributed by atoms with Gasteiger partial charge in [0, 0.05) is 5.41 Å².